The predicted octanol–water partition coefficient (Wildman–Crippen LogP) is 1.74. The first kappa shape index (κ1) is 9.97. The molecule has 0 spiro atoms. The molecule has 15 heavy (non-hydrogen) atoms. The first-order valence-corrected chi connectivity index (χ1v) is 5.06. The Morgan fingerprint density at radius 3 is 3.20 bits per heavy atom. The largest absolute Gasteiger partial charge is 0.467 e. The molecule has 2 N–H and O–H groups in total. The Morgan fingerprint density at radius 2 is 2.47 bits per heavy atom. The zero-order chi connectivity index (χ0) is 10.7. The molecule has 2 aromatic heterocycles. The van der Waals surface area contributed by atoms with Gasteiger partial charge in [0, 0.05) is 0 Å². The summed E-state index contributed by atoms with van der Waals surface area (Å²) in [5.41, 5.74) is 0.370. The summed E-state index contributed by atoms with van der Waals surface area (Å²) in [5.74, 6) is 0.794. The molecule has 0 fully saturated rings. The highest BCUT2D eigenvalue weighted by Crippen LogP contribution is 2.16. The Labute approximate surface area is 93.6 Å². The number of aromatic nitrogens is 2. The van der Waals surface area contributed by atoms with E-state index in [1.54, 1.807) is 6.26 Å². The van der Waals surface area contributed by atoms with Gasteiger partial charge in [-0.2, -0.15) is 5.10 Å². The molecule has 2 rings (SSSR count). The number of H-pyrrole nitrogens is 1. The Bertz CT molecular complexity index is 492. The van der Waals surface area contributed by atoms with Crippen LogP contribution in [0.25, 0.3) is 0 Å². The van der Waals surface area contributed by atoms with Gasteiger partial charge in [-0.3, -0.25) is 4.79 Å². The lowest BCUT2D eigenvalue weighted by Crippen LogP contribution is -2.11. The molecule has 0 aliphatic carbocycles. The van der Waals surface area contributed by atoms with Crippen LogP contribution >= 0.6 is 15.9 Å². The number of hydrogen-bond acceptors (Lipinski definition) is 4. The molecule has 0 saturated heterocycles. The van der Waals surface area contributed by atoms with Gasteiger partial charge < -0.3 is 9.73 Å². The summed E-state index contributed by atoms with van der Waals surface area (Å²) in [5, 5.41) is 9.03. The lowest BCUT2D eigenvalue weighted by molar-refractivity contribution is 0.518. The van der Waals surface area contributed by atoms with Crippen LogP contribution in [-0.4, -0.2) is 10.2 Å². The van der Waals surface area contributed by atoms with Crippen molar-refractivity contribution in [3.05, 3.63) is 45.2 Å². The van der Waals surface area contributed by atoms with Crippen LogP contribution in [0, 0.1) is 0 Å². The van der Waals surface area contributed by atoms with Crippen molar-refractivity contribution in [3.63, 3.8) is 0 Å². The molecule has 0 radical (unpaired) electrons. The SMILES string of the molecule is O=c1[nH]ncc(NCc2ccco2)c1Br. The number of halogens is 1. The van der Waals surface area contributed by atoms with Gasteiger partial charge in [0.15, 0.2) is 0 Å². The summed E-state index contributed by atoms with van der Waals surface area (Å²) in [6, 6.07) is 3.66. The van der Waals surface area contributed by atoms with Gasteiger partial charge in [0.25, 0.3) is 5.56 Å². The van der Waals surface area contributed by atoms with Crippen molar-refractivity contribution >= 4 is 21.6 Å². The first-order chi connectivity index (χ1) is 7.27. The molecule has 0 saturated carbocycles. The van der Waals surface area contributed by atoms with Crippen molar-refractivity contribution in [2.24, 2.45) is 0 Å². The maximum atomic E-state index is 11.2. The maximum Gasteiger partial charge on any atom is 0.280 e. The summed E-state index contributed by atoms with van der Waals surface area (Å²) < 4.78 is 5.58. The topological polar surface area (TPSA) is 70.9 Å². The highest BCUT2D eigenvalue weighted by molar-refractivity contribution is 9.10. The van der Waals surface area contributed by atoms with Crippen LogP contribution in [0.15, 0.2) is 38.3 Å². The van der Waals surface area contributed by atoms with E-state index in [4.69, 9.17) is 4.42 Å². The summed E-state index contributed by atoms with van der Waals surface area (Å²) >= 11 is 3.17. The molecule has 78 valence electrons. The van der Waals surface area contributed by atoms with Crippen LogP contribution in [0.5, 0.6) is 0 Å². The van der Waals surface area contributed by atoms with E-state index in [-0.39, 0.29) is 5.56 Å². The van der Waals surface area contributed by atoms with Crippen molar-refractivity contribution in [2.45, 2.75) is 6.54 Å². The van der Waals surface area contributed by atoms with E-state index < -0.39 is 0 Å². The van der Waals surface area contributed by atoms with E-state index in [9.17, 15) is 4.79 Å². The molecule has 0 aromatic carbocycles. The number of rotatable bonds is 3. The number of nitrogens with zero attached hydrogens (tertiary/aromatic N) is 1. The van der Waals surface area contributed by atoms with Gasteiger partial charge in [0.2, 0.25) is 0 Å². The van der Waals surface area contributed by atoms with Gasteiger partial charge in [-0.15, -0.1) is 0 Å². The fourth-order valence-electron chi connectivity index (χ4n) is 1.10. The second-order valence-electron chi connectivity index (χ2n) is 2.86. The monoisotopic (exact) mass is 269 g/mol. The zero-order valence-electron chi connectivity index (χ0n) is 7.66. The molecule has 0 amide bonds. The first-order valence-electron chi connectivity index (χ1n) is 4.27. The Hall–Kier alpha value is -1.56. The number of nitrogens with one attached hydrogen (secondary N) is 2. The van der Waals surface area contributed by atoms with Crippen molar-refractivity contribution < 1.29 is 4.42 Å². The summed E-state index contributed by atoms with van der Waals surface area (Å²) in [4.78, 5) is 11.2. The third-order valence-electron chi connectivity index (χ3n) is 1.83. The average Bonchev–Trinajstić information content (AvgIpc) is 2.73. The number of furan rings is 1. The molecule has 6 heteroatoms. The molecule has 0 aliphatic heterocycles. The molecule has 0 aliphatic rings. The van der Waals surface area contributed by atoms with Crippen LogP contribution in [0.3, 0.4) is 0 Å². The fourth-order valence-corrected chi connectivity index (χ4v) is 1.43. The molecular weight excluding hydrogens is 262 g/mol. The molecular formula is C9H8BrN3O2. The predicted molar refractivity (Wildman–Crippen MR) is 58.6 cm³/mol. The van der Waals surface area contributed by atoms with E-state index in [0.717, 1.165) is 5.76 Å². The maximum absolute atomic E-state index is 11.2. The zero-order valence-corrected chi connectivity index (χ0v) is 9.24. The Balaban J connectivity index is 2.12. The minimum absolute atomic E-state index is 0.264. The highest BCUT2D eigenvalue weighted by atomic mass is 79.9. The van der Waals surface area contributed by atoms with Crippen LogP contribution in [0.1, 0.15) is 5.76 Å². The molecule has 5 nitrogen and oxygen atoms in total. The smallest absolute Gasteiger partial charge is 0.280 e. The van der Waals surface area contributed by atoms with E-state index in [1.165, 1.54) is 6.20 Å². The van der Waals surface area contributed by atoms with Crippen LogP contribution < -0.4 is 10.9 Å². The van der Waals surface area contributed by atoms with Gasteiger partial charge >= 0.3 is 0 Å². The van der Waals surface area contributed by atoms with Crippen molar-refractivity contribution in [1.29, 1.82) is 0 Å². The van der Waals surface area contributed by atoms with E-state index >= 15 is 0 Å². The molecule has 0 atom stereocenters. The average molecular weight is 270 g/mol. The third-order valence-corrected chi connectivity index (χ3v) is 2.62. The van der Waals surface area contributed by atoms with Gasteiger partial charge in [0.1, 0.15) is 10.2 Å². The van der Waals surface area contributed by atoms with Gasteiger partial charge in [-0.1, -0.05) is 0 Å². The number of hydrogen-bond donors (Lipinski definition) is 2. The highest BCUT2D eigenvalue weighted by Gasteiger charge is 2.04. The number of anilines is 1. The molecule has 2 aromatic rings. The van der Waals surface area contributed by atoms with Crippen molar-refractivity contribution in [3.8, 4) is 0 Å². The summed E-state index contributed by atoms with van der Waals surface area (Å²) in [6.07, 6.45) is 3.14. The van der Waals surface area contributed by atoms with Crippen molar-refractivity contribution in [2.75, 3.05) is 5.32 Å². The van der Waals surface area contributed by atoms with E-state index in [0.29, 0.717) is 16.7 Å². The minimum Gasteiger partial charge on any atom is -0.467 e. The van der Waals surface area contributed by atoms with Crippen LogP contribution in [0.2, 0.25) is 0 Å². The normalized spacial score (nSPS) is 10.2. The lowest BCUT2D eigenvalue weighted by Gasteiger charge is -2.04. The third kappa shape index (κ3) is 2.27. The van der Waals surface area contributed by atoms with Gasteiger partial charge in [0.05, 0.1) is 24.7 Å². The van der Waals surface area contributed by atoms with Crippen molar-refractivity contribution in [1.82, 2.24) is 10.2 Å². The van der Waals surface area contributed by atoms with Gasteiger partial charge in [-0.05, 0) is 28.1 Å². The molecule has 0 unspecified atom stereocenters. The van der Waals surface area contributed by atoms with Crippen LogP contribution in [0.4, 0.5) is 5.69 Å². The second kappa shape index (κ2) is 4.31. The molecule has 2 heterocycles. The van der Waals surface area contributed by atoms with E-state index in [2.05, 4.69) is 31.4 Å². The minimum atomic E-state index is -0.264. The quantitative estimate of drug-likeness (QED) is 0.891. The van der Waals surface area contributed by atoms with Crippen LogP contribution in [-0.2, 0) is 6.54 Å². The van der Waals surface area contributed by atoms with E-state index in [1.807, 2.05) is 12.1 Å². The lowest BCUT2D eigenvalue weighted by atomic mass is 10.4. The number of aromatic amines is 1. The Kier molecular flexibility index (Phi) is 2.86. The summed E-state index contributed by atoms with van der Waals surface area (Å²) in [6.45, 7) is 0.511. The summed E-state index contributed by atoms with van der Waals surface area (Å²) in [7, 11) is 0. The Morgan fingerprint density at radius 1 is 1.60 bits per heavy atom. The molecule has 0 bridgehead atoms. The standard InChI is InChI=1S/C9H8BrN3O2/c10-8-7(5-12-13-9(8)14)11-4-6-2-1-3-15-6/h1-3,5H,4H2,(H2,11,13,14). The second-order valence-corrected chi connectivity index (χ2v) is 3.65. The van der Waals surface area contributed by atoms with Gasteiger partial charge in [-0.25, -0.2) is 5.10 Å². The fraction of sp³-hybridized carbons (Fsp3) is 0.111.